The summed E-state index contributed by atoms with van der Waals surface area (Å²) >= 11 is 0. The average Bonchev–Trinajstić information content (AvgIpc) is 2.46. The molecule has 1 heterocycles. The number of fused-ring (bicyclic) bond motifs is 1. The molecule has 0 radical (unpaired) electrons. The van der Waals surface area contributed by atoms with Gasteiger partial charge in [0.25, 0.3) is 0 Å². The maximum Gasteiger partial charge on any atom is 0.334 e. The zero-order chi connectivity index (χ0) is 10.3. The molecule has 0 fully saturated rings. The third-order valence-electron chi connectivity index (χ3n) is 2.12. The highest BCUT2D eigenvalue weighted by Crippen LogP contribution is 2.24. The van der Waals surface area contributed by atoms with Gasteiger partial charge in [0.15, 0.2) is 0 Å². The van der Waals surface area contributed by atoms with Crippen LogP contribution >= 0.6 is 0 Å². The van der Waals surface area contributed by atoms with Crippen LogP contribution in [0.15, 0.2) is 35.4 Å². The van der Waals surface area contributed by atoms with E-state index in [2.05, 4.69) is 0 Å². The highest BCUT2D eigenvalue weighted by Gasteiger charge is 2.17. The fraction of sp³-hybridized carbons (Fsp3) is 0.111. The van der Waals surface area contributed by atoms with E-state index in [1.807, 2.05) is 0 Å². The van der Waals surface area contributed by atoms with Gasteiger partial charge in [-0.25, -0.2) is 0 Å². The SMILES string of the molecule is Cn1ccc2cccc(S(=O)(=O)F)c21. The van der Waals surface area contributed by atoms with E-state index in [0.29, 0.717) is 10.9 Å². The summed E-state index contributed by atoms with van der Waals surface area (Å²) < 4.78 is 36.1. The van der Waals surface area contributed by atoms with Crippen LogP contribution in [-0.2, 0) is 17.3 Å². The summed E-state index contributed by atoms with van der Waals surface area (Å²) in [6.07, 6.45) is 1.69. The number of nitrogens with zero attached hydrogens (tertiary/aromatic N) is 1. The van der Waals surface area contributed by atoms with E-state index in [1.165, 1.54) is 12.1 Å². The fourth-order valence-electron chi connectivity index (χ4n) is 1.51. The Hall–Kier alpha value is -1.36. The maximum atomic E-state index is 12.9. The monoisotopic (exact) mass is 213 g/mol. The Labute approximate surface area is 81.0 Å². The molecule has 0 aliphatic rings. The number of hydrogen-bond donors (Lipinski definition) is 0. The lowest BCUT2D eigenvalue weighted by Crippen LogP contribution is -1.96. The van der Waals surface area contributed by atoms with Crippen molar-refractivity contribution in [2.24, 2.45) is 7.05 Å². The van der Waals surface area contributed by atoms with Gasteiger partial charge in [0.2, 0.25) is 0 Å². The van der Waals surface area contributed by atoms with Crippen LogP contribution in [0.5, 0.6) is 0 Å². The molecule has 2 aromatic rings. The van der Waals surface area contributed by atoms with Crippen LogP contribution in [-0.4, -0.2) is 13.0 Å². The molecule has 14 heavy (non-hydrogen) atoms. The molecule has 74 valence electrons. The molecule has 2 rings (SSSR count). The third-order valence-corrected chi connectivity index (χ3v) is 2.98. The van der Waals surface area contributed by atoms with Gasteiger partial charge in [-0.3, -0.25) is 0 Å². The molecule has 0 amide bonds. The third kappa shape index (κ3) is 1.29. The van der Waals surface area contributed by atoms with Crippen molar-refractivity contribution in [1.82, 2.24) is 4.57 Å². The number of para-hydroxylation sites is 1. The number of benzene rings is 1. The highest BCUT2D eigenvalue weighted by molar-refractivity contribution is 7.86. The van der Waals surface area contributed by atoms with Crippen LogP contribution in [0.3, 0.4) is 0 Å². The molecule has 0 spiro atoms. The number of rotatable bonds is 1. The molecule has 0 bridgehead atoms. The van der Waals surface area contributed by atoms with Gasteiger partial charge >= 0.3 is 10.2 Å². The lowest BCUT2D eigenvalue weighted by molar-refractivity contribution is 0.552. The van der Waals surface area contributed by atoms with E-state index in [1.54, 1.807) is 29.9 Å². The summed E-state index contributed by atoms with van der Waals surface area (Å²) in [5.74, 6) is 0. The second-order valence-corrected chi connectivity index (χ2v) is 4.37. The van der Waals surface area contributed by atoms with Gasteiger partial charge in [-0.15, -0.1) is 3.89 Å². The van der Waals surface area contributed by atoms with Crippen molar-refractivity contribution in [2.45, 2.75) is 4.90 Å². The van der Waals surface area contributed by atoms with Gasteiger partial charge in [-0.2, -0.15) is 8.42 Å². The van der Waals surface area contributed by atoms with Gasteiger partial charge < -0.3 is 4.57 Å². The predicted octanol–water partition coefficient (Wildman–Crippen LogP) is 1.84. The first-order chi connectivity index (χ1) is 6.50. The normalized spacial score (nSPS) is 12.1. The van der Waals surface area contributed by atoms with Gasteiger partial charge in [-0.05, 0) is 12.1 Å². The zero-order valence-corrected chi connectivity index (χ0v) is 8.25. The van der Waals surface area contributed by atoms with Crippen molar-refractivity contribution >= 4 is 21.1 Å². The first-order valence-corrected chi connectivity index (χ1v) is 5.37. The molecular formula is C9H8FNO2S. The summed E-state index contributed by atoms with van der Waals surface area (Å²) in [6, 6.07) is 6.26. The minimum atomic E-state index is -4.64. The van der Waals surface area contributed by atoms with Crippen molar-refractivity contribution < 1.29 is 12.3 Å². The second-order valence-electron chi connectivity index (χ2n) is 3.06. The molecule has 0 aliphatic heterocycles. The second kappa shape index (κ2) is 2.81. The maximum absolute atomic E-state index is 12.9. The van der Waals surface area contributed by atoms with Crippen molar-refractivity contribution in [3.63, 3.8) is 0 Å². The minimum Gasteiger partial charge on any atom is -0.349 e. The lowest BCUT2D eigenvalue weighted by Gasteiger charge is -2.00. The molecule has 0 unspecified atom stereocenters. The summed E-state index contributed by atoms with van der Waals surface area (Å²) in [7, 11) is -2.97. The average molecular weight is 213 g/mol. The van der Waals surface area contributed by atoms with E-state index in [-0.39, 0.29) is 4.90 Å². The number of aryl methyl sites for hydroxylation is 1. The Morgan fingerprint density at radius 2 is 2.00 bits per heavy atom. The molecule has 0 saturated carbocycles. The van der Waals surface area contributed by atoms with Crippen LogP contribution < -0.4 is 0 Å². The van der Waals surface area contributed by atoms with E-state index in [9.17, 15) is 12.3 Å². The quantitative estimate of drug-likeness (QED) is 0.678. The molecule has 0 saturated heterocycles. The van der Waals surface area contributed by atoms with Crippen molar-refractivity contribution in [3.8, 4) is 0 Å². The van der Waals surface area contributed by atoms with E-state index in [4.69, 9.17) is 0 Å². The topological polar surface area (TPSA) is 39.1 Å². The van der Waals surface area contributed by atoms with Gasteiger partial charge in [0.1, 0.15) is 4.90 Å². The van der Waals surface area contributed by atoms with Crippen molar-refractivity contribution in [1.29, 1.82) is 0 Å². The first kappa shape index (κ1) is 9.21. The summed E-state index contributed by atoms with van der Waals surface area (Å²) in [5, 5.41) is 0.714. The molecule has 5 heteroatoms. The van der Waals surface area contributed by atoms with Crippen molar-refractivity contribution in [3.05, 3.63) is 30.5 Å². The van der Waals surface area contributed by atoms with E-state index in [0.717, 1.165) is 0 Å². The molecule has 0 aliphatic carbocycles. The van der Waals surface area contributed by atoms with Crippen LogP contribution in [0.4, 0.5) is 3.89 Å². The minimum absolute atomic E-state index is 0.275. The largest absolute Gasteiger partial charge is 0.349 e. The van der Waals surface area contributed by atoms with Gasteiger partial charge in [-0.1, -0.05) is 12.1 Å². The zero-order valence-electron chi connectivity index (χ0n) is 7.44. The van der Waals surface area contributed by atoms with Crippen LogP contribution in [0.25, 0.3) is 10.9 Å². The molecule has 1 aromatic carbocycles. The standard InChI is InChI=1S/C9H8FNO2S/c1-11-6-5-7-3-2-4-8(9(7)11)14(10,12)13/h2-6H,1H3. The lowest BCUT2D eigenvalue weighted by atomic mass is 10.2. The number of aromatic nitrogens is 1. The van der Waals surface area contributed by atoms with Crippen LogP contribution in [0.2, 0.25) is 0 Å². The summed E-state index contributed by atoms with van der Waals surface area (Å²) in [5.41, 5.74) is 0.398. The Morgan fingerprint density at radius 1 is 1.29 bits per heavy atom. The Balaban J connectivity index is 2.96. The van der Waals surface area contributed by atoms with E-state index < -0.39 is 10.2 Å². The van der Waals surface area contributed by atoms with Crippen LogP contribution in [0, 0.1) is 0 Å². The number of halogens is 1. The summed E-state index contributed by atoms with van der Waals surface area (Å²) in [4.78, 5) is -0.275. The fourth-order valence-corrected chi connectivity index (χ4v) is 2.25. The smallest absolute Gasteiger partial charge is 0.334 e. The highest BCUT2D eigenvalue weighted by atomic mass is 32.3. The van der Waals surface area contributed by atoms with Gasteiger partial charge in [0.05, 0.1) is 5.52 Å². The number of hydrogen-bond acceptors (Lipinski definition) is 2. The Morgan fingerprint density at radius 3 is 2.64 bits per heavy atom. The first-order valence-electron chi connectivity index (χ1n) is 3.99. The molecule has 0 atom stereocenters. The molecule has 1 aromatic heterocycles. The van der Waals surface area contributed by atoms with Crippen LogP contribution in [0.1, 0.15) is 0 Å². The molecular weight excluding hydrogens is 205 g/mol. The Kier molecular flexibility index (Phi) is 1.85. The Bertz CT molecular complexity index is 586. The summed E-state index contributed by atoms with van der Waals surface area (Å²) in [6.45, 7) is 0. The molecule has 3 nitrogen and oxygen atoms in total. The van der Waals surface area contributed by atoms with Gasteiger partial charge in [0, 0.05) is 18.6 Å². The molecule has 0 N–H and O–H groups in total. The predicted molar refractivity (Wildman–Crippen MR) is 51.2 cm³/mol. The van der Waals surface area contributed by atoms with Crippen molar-refractivity contribution in [2.75, 3.05) is 0 Å². The van der Waals surface area contributed by atoms with E-state index >= 15 is 0 Å².